The molecule has 1 saturated heterocycles. The molecule has 1 aliphatic heterocycles. The van der Waals surface area contributed by atoms with Gasteiger partial charge in [-0.3, -0.25) is 0 Å². The van der Waals surface area contributed by atoms with Gasteiger partial charge in [0, 0.05) is 12.0 Å². The average molecular weight is 142 g/mol. The molecular weight excluding hydrogens is 128 g/mol. The van der Waals surface area contributed by atoms with E-state index in [1.54, 1.807) is 0 Å². The molecule has 1 rings (SSSR count). The topological polar surface area (TPSA) is 26.3 Å². The van der Waals surface area contributed by atoms with Crippen LogP contribution in [0.25, 0.3) is 0 Å². The molecule has 0 bridgehead atoms. The minimum atomic E-state index is -0.184. The number of hydrogen-bond acceptors (Lipinski definition) is 2. The van der Waals surface area contributed by atoms with Gasteiger partial charge in [0.2, 0.25) is 0 Å². The Labute approximate surface area is 61.6 Å². The summed E-state index contributed by atoms with van der Waals surface area (Å²) in [5, 5.41) is 0. The molecule has 0 saturated carbocycles. The van der Waals surface area contributed by atoms with E-state index < -0.39 is 0 Å². The molecule has 1 heterocycles. The number of rotatable bonds is 2. The highest BCUT2D eigenvalue weighted by molar-refractivity contribution is 5.58. The van der Waals surface area contributed by atoms with Crippen LogP contribution in [0.5, 0.6) is 0 Å². The van der Waals surface area contributed by atoms with E-state index in [0.717, 1.165) is 25.9 Å². The molecular formula is C8H14O2. The third-order valence-electron chi connectivity index (χ3n) is 2.29. The molecule has 1 aliphatic rings. The van der Waals surface area contributed by atoms with Crippen molar-refractivity contribution < 1.29 is 9.53 Å². The van der Waals surface area contributed by atoms with Gasteiger partial charge in [-0.15, -0.1) is 0 Å². The zero-order valence-electron chi connectivity index (χ0n) is 6.59. The SMILES string of the molecule is CC(C)(C=O)C1CCOC1. The van der Waals surface area contributed by atoms with Crippen molar-refractivity contribution in [2.45, 2.75) is 20.3 Å². The molecule has 0 radical (unpaired) electrons. The summed E-state index contributed by atoms with van der Waals surface area (Å²) in [6, 6.07) is 0. The molecule has 0 aromatic carbocycles. The van der Waals surface area contributed by atoms with Crippen LogP contribution in [0.1, 0.15) is 20.3 Å². The van der Waals surface area contributed by atoms with E-state index in [4.69, 9.17) is 4.74 Å². The van der Waals surface area contributed by atoms with Crippen LogP contribution in [0.4, 0.5) is 0 Å². The van der Waals surface area contributed by atoms with Crippen molar-refractivity contribution in [2.75, 3.05) is 13.2 Å². The Kier molecular flexibility index (Phi) is 2.09. The first kappa shape index (κ1) is 7.73. The van der Waals surface area contributed by atoms with Gasteiger partial charge < -0.3 is 9.53 Å². The molecule has 0 aliphatic carbocycles. The summed E-state index contributed by atoms with van der Waals surface area (Å²) in [7, 11) is 0. The molecule has 10 heavy (non-hydrogen) atoms. The number of carbonyl (C=O) groups is 1. The molecule has 0 aromatic rings. The number of hydrogen-bond donors (Lipinski definition) is 0. The normalized spacial score (nSPS) is 26.8. The van der Waals surface area contributed by atoms with E-state index in [1.165, 1.54) is 0 Å². The predicted molar refractivity (Wildman–Crippen MR) is 38.8 cm³/mol. The van der Waals surface area contributed by atoms with Gasteiger partial charge in [-0.2, -0.15) is 0 Å². The molecule has 58 valence electrons. The lowest BCUT2D eigenvalue weighted by molar-refractivity contribution is -0.117. The first-order valence-electron chi connectivity index (χ1n) is 3.71. The van der Waals surface area contributed by atoms with Crippen LogP contribution >= 0.6 is 0 Å². The van der Waals surface area contributed by atoms with E-state index in [-0.39, 0.29) is 5.41 Å². The second kappa shape index (κ2) is 2.70. The molecule has 0 spiro atoms. The Morgan fingerprint density at radius 2 is 2.30 bits per heavy atom. The first-order valence-corrected chi connectivity index (χ1v) is 3.71. The molecule has 2 heteroatoms. The van der Waals surface area contributed by atoms with Crippen LogP contribution < -0.4 is 0 Å². The van der Waals surface area contributed by atoms with Crippen molar-refractivity contribution >= 4 is 6.29 Å². The van der Waals surface area contributed by atoms with Gasteiger partial charge in [-0.25, -0.2) is 0 Å². The monoisotopic (exact) mass is 142 g/mol. The number of aldehydes is 1. The second-order valence-electron chi connectivity index (χ2n) is 3.50. The summed E-state index contributed by atoms with van der Waals surface area (Å²) in [5.41, 5.74) is -0.184. The van der Waals surface area contributed by atoms with Gasteiger partial charge in [0.05, 0.1) is 6.61 Å². The number of ether oxygens (including phenoxy) is 1. The zero-order valence-corrected chi connectivity index (χ0v) is 6.59. The highest BCUT2D eigenvalue weighted by Crippen LogP contribution is 2.30. The van der Waals surface area contributed by atoms with Crippen molar-refractivity contribution in [2.24, 2.45) is 11.3 Å². The summed E-state index contributed by atoms with van der Waals surface area (Å²) in [4.78, 5) is 10.6. The molecule has 1 fully saturated rings. The van der Waals surface area contributed by atoms with Crippen molar-refractivity contribution in [1.29, 1.82) is 0 Å². The smallest absolute Gasteiger partial charge is 0.125 e. The third kappa shape index (κ3) is 1.37. The minimum absolute atomic E-state index is 0.184. The van der Waals surface area contributed by atoms with Crippen LogP contribution in [0.3, 0.4) is 0 Å². The van der Waals surface area contributed by atoms with Gasteiger partial charge in [0.25, 0.3) is 0 Å². The van der Waals surface area contributed by atoms with Gasteiger partial charge >= 0.3 is 0 Å². The van der Waals surface area contributed by atoms with Gasteiger partial charge in [-0.1, -0.05) is 13.8 Å². The fraction of sp³-hybridized carbons (Fsp3) is 0.875. The standard InChI is InChI=1S/C8H14O2/c1-8(2,6-9)7-3-4-10-5-7/h6-7H,3-5H2,1-2H3. The highest BCUT2D eigenvalue weighted by atomic mass is 16.5. The van der Waals surface area contributed by atoms with Crippen LogP contribution in [0.2, 0.25) is 0 Å². The molecule has 0 aromatic heterocycles. The van der Waals surface area contributed by atoms with Crippen molar-refractivity contribution in [3.8, 4) is 0 Å². The molecule has 2 nitrogen and oxygen atoms in total. The Hall–Kier alpha value is -0.370. The minimum Gasteiger partial charge on any atom is -0.381 e. The van der Waals surface area contributed by atoms with Crippen LogP contribution in [-0.2, 0) is 9.53 Å². The van der Waals surface area contributed by atoms with Crippen LogP contribution in [0, 0.1) is 11.3 Å². The highest BCUT2D eigenvalue weighted by Gasteiger charge is 2.31. The van der Waals surface area contributed by atoms with E-state index in [0.29, 0.717) is 5.92 Å². The summed E-state index contributed by atoms with van der Waals surface area (Å²) >= 11 is 0. The average Bonchev–Trinajstić information content (AvgIpc) is 2.38. The molecule has 0 N–H and O–H groups in total. The lowest BCUT2D eigenvalue weighted by Crippen LogP contribution is -2.25. The van der Waals surface area contributed by atoms with Gasteiger partial charge in [0.1, 0.15) is 6.29 Å². The molecule has 1 unspecified atom stereocenters. The second-order valence-corrected chi connectivity index (χ2v) is 3.50. The quantitative estimate of drug-likeness (QED) is 0.542. The van der Waals surface area contributed by atoms with Gasteiger partial charge in [-0.05, 0) is 12.3 Å². The summed E-state index contributed by atoms with van der Waals surface area (Å²) < 4.78 is 5.19. The van der Waals surface area contributed by atoms with Crippen LogP contribution in [-0.4, -0.2) is 19.5 Å². The van der Waals surface area contributed by atoms with E-state index in [9.17, 15) is 4.79 Å². The third-order valence-corrected chi connectivity index (χ3v) is 2.29. The predicted octanol–water partition coefficient (Wildman–Crippen LogP) is 1.25. The molecule has 0 amide bonds. The Bertz CT molecular complexity index is 123. The van der Waals surface area contributed by atoms with Crippen molar-refractivity contribution in [3.63, 3.8) is 0 Å². The van der Waals surface area contributed by atoms with E-state index in [2.05, 4.69) is 0 Å². The Morgan fingerprint density at radius 1 is 1.60 bits per heavy atom. The Balaban J connectivity index is 2.53. The fourth-order valence-electron chi connectivity index (χ4n) is 1.22. The molecule has 1 atom stereocenters. The number of carbonyl (C=O) groups excluding carboxylic acids is 1. The maximum atomic E-state index is 10.6. The largest absolute Gasteiger partial charge is 0.381 e. The zero-order chi connectivity index (χ0) is 7.61. The summed E-state index contributed by atoms with van der Waals surface area (Å²) in [5.74, 6) is 0.435. The van der Waals surface area contributed by atoms with Gasteiger partial charge in [0.15, 0.2) is 0 Å². The van der Waals surface area contributed by atoms with E-state index >= 15 is 0 Å². The van der Waals surface area contributed by atoms with Crippen molar-refractivity contribution in [3.05, 3.63) is 0 Å². The maximum absolute atomic E-state index is 10.6. The summed E-state index contributed by atoms with van der Waals surface area (Å²) in [6.45, 7) is 5.52. The van der Waals surface area contributed by atoms with E-state index in [1.807, 2.05) is 13.8 Å². The lowest BCUT2D eigenvalue weighted by Gasteiger charge is -2.22. The Morgan fingerprint density at radius 3 is 2.70 bits per heavy atom. The lowest BCUT2D eigenvalue weighted by atomic mass is 9.80. The van der Waals surface area contributed by atoms with Crippen molar-refractivity contribution in [1.82, 2.24) is 0 Å². The maximum Gasteiger partial charge on any atom is 0.125 e. The summed E-state index contributed by atoms with van der Waals surface area (Å²) in [6.07, 6.45) is 2.07. The van der Waals surface area contributed by atoms with Crippen LogP contribution in [0.15, 0.2) is 0 Å². The first-order chi connectivity index (χ1) is 4.67. The fourth-order valence-corrected chi connectivity index (χ4v) is 1.22.